The zero-order valence-electron chi connectivity index (χ0n) is 12.0. The van der Waals surface area contributed by atoms with Gasteiger partial charge < -0.3 is 19.5 Å². The molecule has 0 unspecified atom stereocenters. The van der Waals surface area contributed by atoms with Crippen molar-refractivity contribution in [2.24, 2.45) is 0 Å². The van der Waals surface area contributed by atoms with Crippen LogP contribution in [-0.4, -0.2) is 40.8 Å². The Morgan fingerprint density at radius 1 is 1.41 bits per heavy atom. The molecule has 116 valence electrons. The molecule has 3 rings (SSSR count). The maximum Gasteiger partial charge on any atom is 0.322 e. The molecular formula is C14H15ClN4O3. The van der Waals surface area contributed by atoms with Gasteiger partial charge in [0.15, 0.2) is 5.82 Å². The predicted octanol–water partition coefficient (Wildman–Crippen LogP) is 2.64. The fourth-order valence-electron chi connectivity index (χ4n) is 2.24. The quantitative estimate of drug-likeness (QED) is 0.919. The van der Waals surface area contributed by atoms with Crippen LogP contribution >= 0.6 is 11.6 Å². The van der Waals surface area contributed by atoms with Crippen LogP contribution in [0.3, 0.4) is 0 Å². The molecule has 2 amide bonds. The van der Waals surface area contributed by atoms with Crippen LogP contribution in [0.2, 0.25) is 5.02 Å². The molecule has 2 aromatic rings. The van der Waals surface area contributed by atoms with Gasteiger partial charge >= 0.3 is 6.03 Å². The number of anilines is 1. The minimum Gasteiger partial charge on any atom is -0.377 e. The number of amides is 2. The first-order valence-electron chi connectivity index (χ1n) is 6.84. The van der Waals surface area contributed by atoms with Crippen molar-refractivity contribution in [3.8, 4) is 0 Å². The lowest BCUT2D eigenvalue weighted by atomic mass is 10.2. The standard InChI is InChI=1S/C14H15ClN4O3/c1-9-16-13(18-22-9)12-8-21-7-6-19(12)14(20)17-11-4-2-10(15)3-5-11/h2-5,12H,6-8H2,1H3,(H,17,20)/t12-/m0/s1. The van der Waals surface area contributed by atoms with Crippen LogP contribution < -0.4 is 5.32 Å². The van der Waals surface area contributed by atoms with Gasteiger partial charge in [0.05, 0.1) is 13.2 Å². The number of morpholine rings is 1. The van der Waals surface area contributed by atoms with Gasteiger partial charge in [-0.15, -0.1) is 0 Å². The van der Waals surface area contributed by atoms with Gasteiger partial charge in [0.1, 0.15) is 6.04 Å². The largest absolute Gasteiger partial charge is 0.377 e. The van der Waals surface area contributed by atoms with E-state index in [-0.39, 0.29) is 12.1 Å². The van der Waals surface area contributed by atoms with Crippen molar-refractivity contribution in [3.63, 3.8) is 0 Å². The lowest BCUT2D eigenvalue weighted by molar-refractivity contribution is 0.0110. The maximum absolute atomic E-state index is 12.5. The molecule has 1 fully saturated rings. The fourth-order valence-corrected chi connectivity index (χ4v) is 2.37. The first-order chi connectivity index (χ1) is 10.6. The van der Waals surface area contributed by atoms with Gasteiger partial charge in [-0.05, 0) is 24.3 Å². The van der Waals surface area contributed by atoms with Crippen LogP contribution in [-0.2, 0) is 4.74 Å². The van der Waals surface area contributed by atoms with Gasteiger partial charge in [-0.2, -0.15) is 4.98 Å². The number of ether oxygens (including phenoxy) is 1. The minimum absolute atomic E-state index is 0.238. The molecule has 0 bridgehead atoms. The van der Waals surface area contributed by atoms with E-state index in [1.807, 2.05) is 0 Å². The van der Waals surface area contributed by atoms with E-state index in [1.165, 1.54) is 0 Å². The van der Waals surface area contributed by atoms with Gasteiger partial charge in [0.2, 0.25) is 5.89 Å². The highest BCUT2D eigenvalue weighted by molar-refractivity contribution is 6.30. The summed E-state index contributed by atoms with van der Waals surface area (Å²) >= 11 is 5.84. The number of carbonyl (C=O) groups is 1. The summed E-state index contributed by atoms with van der Waals surface area (Å²) in [6.45, 7) is 2.98. The Morgan fingerprint density at radius 2 is 2.18 bits per heavy atom. The first kappa shape index (κ1) is 14.8. The summed E-state index contributed by atoms with van der Waals surface area (Å²) < 4.78 is 10.4. The molecular weight excluding hydrogens is 308 g/mol. The number of benzene rings is 1. The Labute approximate surface area is 132 Å². The van der Waals surface area contributed by atoms with Gasteiger partial charge in [0, 0.05) is 24.2 Å². The lowest BCUT2D eigenvalue weighted by Gasteiger charge is -2.33. The van der Waals surface area contributed by atoms with E-state index in [4.69, 9.17) is 20.9 Å². The second kappa shape index (κ2) is 6.33. The Balaban J connectivity index is 1.75. The molecule has 1 aliphatic heterocycles. The highest BCUT2D eigenvalue weighted by Crippen LogP contribution is 2.23. The van der Waals surface area contributed by atoms with Gasteiger partial charge in [-0.3, -0.25) is 0 Å². The monoisotopic (exact) mass is 322 g/mol. The molecule has 0 radical (unpaired) electrons. The number of hydrogen-bond donors (Lipinski definition) is 1. The molecule has 0 saturated carbocycles. The zero-order valence-corrected chi connectivity index (χ0v) is 12.7. The van der Waals surface area contributed by atoms with E-state index < -0.39 is 0 Å². The Kier molecular flexibility index (Phi) is 4.26. The van der Waals surface area contributed by atoms with E-state index in [2.05, 4.69) is 15.5 Å². The van der Waals surface area contributed by atoms with E-state index in [0.717, 1.165) is 0 Å². The van der Waals surface area contributed by atoms with Crippen LogP contribution in [0.4, 0.5) is 10.5 Å². The molecule has 7 nitrogen and oxygen atoms in total. The number of halogens is 1. The van der Waals surface area contributed by atoms with Crippen molar-refractivity contribution in [1.29, 1.82) is 0 Å². The maximum atomic E-state index is 12.5. The van der Waals surface area contributed by atoms with Crippen molar-refractivity contribution in [3.05, 3.63) is 41.0 Å². The molecule has 1 atom stereocenters. The summed E-state index contributed by atoms with van der Waals surface area (Å²) in [5.41, 5.74) is 0.670. The van der Waals surface area contributed by atoms with Crippen molar-refractivity contribution in [2.45, 2.75) is 13.0 Å². The van der Waals surface area contributed by atoms with Crippen molar-refractivity contribution in [2.75, 3.05) is 25.1 Å². The van der Waals surface area contributed by atoms with Gasteiger partial charge in [0.25, 0.3) is 0 Å². The molecule has 1 aliphatic rings. The van der Waals surface area contributed by atoms with E-state index in [0.29, 0.717) is 42.2 Å². The molecule has 1 aromatic carbocycles. The average molecular weight is 323 g/mol. The molecule has 1 N–H and O–H groups in total. The Hall–Kier alpha value is -2.12. The lowest BCUT2D eigenvalue weighted by Crippen LogP contribution is -2.45. The Morgan fingerprint density at radius 3 is 2.86 bits per heavy atom. The Bertz CT molecular complexity index is 658. The van der Waals surface area contributed by atoms with Gasteiger partial charge in [-0.25, -0.2) is 4.79 Å². The molecule has 0 aliphatic carbocycles. The second-order valence-electron chi connectivity index (χ2n) is 4.89. The topological polar surface area (TPSA) is 80.5 Å². The van der Waals surface area contributed by atoms with Crippen LogP contribution in [0.1, 0.15) is 17.8 Å². The number of hydrogen-bond acceptors (Lipinski definition) is 5. The fraction of sp³-hybridized carbons (Fsp3) is 0.357. The van der Waals surface area contributed by atoms with E-state index in [1.54, 1.807) is 36.1 Å². The van der Waals surface area contributed by atoms with E-state index >= 15 is 0 Å². The van der Waals surface area contributed by atoms with Crippen LogP contribution in [0.5, 0.6) is 0 Å². The summed E-state index contributed by atoms with van der Waals surface area (Å²) in [6.07, 6.45) is 0. The second-order valence-corrected chi connectivity index (χ2v) is 5.33. The summed E-state index contributed by atoms with van der Waals surface area (Å²) in [6, 6.07) is 6.33. The summed E-state index contributed by atoms with van der Waals surface area (Å²) in [5, 5.41) is 7.33. The predicted molar refractivity (Wildman–Crippen MR) is 79.8 cm³/mol. The summed E-state index contributed by atoms with van der Waals surface area (Å²) in [5.74, 6) is 0.905. The summed E-state index contributed by atoms with van der Waals surface area (Å²) in [4.78, 5) is 18.3. The third-order valence-electron chi connectivity index (χ3n) is 3.33. The number of nitrogens with zero attached hydrogens (tertiary/aromatic N) is 3. The molecule has 1 saturated heterocycles. The number of aryl methyl sites for hydroxylation is 1. The number of rotatable bonds is 2. The highest BCUT2D eigenvalue weighted by Gasteiger charge is 2.32. The molecule has 2 heterocycles. The number of urea groups is 1. The number of carbonyl (C=O) groups excluding carboxylic acids is 1. The highest BCUT2D eigenvalue weighted by atomic mass is 35.5. The molecule has 8 heteroatoms. The van der Waals surface area contributed by atoms with Crippen molar-refractivity contribution < 1.29 is 14.1 Å². The minimum atomic E-state index is -0.362. The van der Waals surface area contributed by atoms with Gasteiger partial charge in [-0.1, -0.05) is 16.8 Å². The zero-order chi connectivity index (χ0) is 15.5. The number of nitrogens with one attached hydrogen (secondary N) is 1. The van der Waals surface area contributed by atoms with Crippen LogP contribution in [0.25, 0.3) is 0 Å². The van der Waals surface area contributed by atoms with Crippen LogP contribution in [0.15, 0.2) is 28.8 Å². The average Bonchev–Trinajstić information content (AvgIpc) is 2.96. The number of aromatic nitrogens is 2. The first-order valence-corrected chi connectivity index (χ1v) is 7.22. The van der Waals surface area contributed by atoms with Crippen molar-refractivity contribution >= 4 is 23.3 Å². The normalized spacial score (nSPS) is 18.3. The third kappa shape index (κ3) is 3.20. The SMILES string of the molecule is Cc1nc([C@@H]2COCCN2C(=O)Nc2ccc(Cl)cc2)no1. The summed E-state index contributed by atoms with van der Waals surface area (Å²) in [7, 11) is 0. The van der Waals surface area contributed by atoms with Crippen molar-refractivity contribution in [1.82, 2.24) is 15.0 Å². The molecule has 1 aromatic heterocycles. The van der Waals surface area contributed by atoms with E-state index in [9.17, 15) is 4.79 Å². The smallest absolute Gasteiger partial charge is 0.322 e. The molecule has 22 heavy (non-hydrogen) atoms. The third-order valence-corrected chi connectivity index (χ3v) is 3.58. The molecule has 0 spiro atoms. The van der Waals surface area contributed by atoms with Crippen LogP contribution in [0, 0.1) is 6.92 Å².